The Labute approximate surface area is 187 Å². The molecule has 1 heterocycles. The van der Waals surface area contributed by atoms with Crippen LogP contribution in [0.25, 0.3) is 0 Å². The van der Waals surface area contributed by atoms with E-state index >= 15 is 0 Å². The van der Waals surface area contributed by atoms with Crippen LogP contribution in [-0.4, -0.2) is 47.8 Å². The molecule has 10 nitrogen and oxygen atoms in total. The first-order valence-corrected chi connectivity index (χ1v) is 9.89. The number of carbonyl (C=O) groups is 5. The second-order valence-electron chi connectivity index (χ2n) is 6.80. The number of hydrazine groups is 2. The van der Waals surface area contributed by atoms with Crippen molar-refractivity contribution in [1.29, 1.82) is 0 Å². The smallest absolute Gasteiger partial charge is 0.311 e. The van der Waals surface area contributed by atoms with Gasteiger partial charge in [0.1, 0.15) is 0 Å². The van der Waals surface area contributed by atoms with Crippen LogP contribution in [0, 0.1) is 5.92 Å². The number of halogens is 1. The van der Waals surface area contributed by atoms with Crippen molar-refractivity contribution in [2.45, 2.75) is 6.42 Å². The van der Waals surface area contributed by atoms with Crippen LogP contribution in [0.3, 0.4) is 0 Å². The van der Waals surface area contributed by atoms with Gasteiger partial charge in [-0.3, -0.25) is 45.3 Å². The molecule has 0 aromatic heterocycles. The van der Waals surface area contributed by atoms with E-state index in [0.717, 1.165) is 5.01 Å². The Balaban J connectivity index is 1.42. The van der Waals surface area contributed by atoms with Crippen molar-refractivity contribution in [3.05, 3.63) is 70.7 Å². The van der Waals surface area contributed by atoms with E-state index in [9.17, 15) is 24.0 Å². The molecule has 0 aliphatic carbocycles. The Hall–Kier alpha value is -3.92. The minimum atomic E-state index is -0.843. The summed E-state index contributed by atoms with van der Waals surface area (Å²) in [7, 11) is 0. The topological polar surface area (TPSA) is 134 Å². The second kappa shape index (κ2) is 10.4. The summed E-state index contributed by atoms with van der Waals surface area (Å²) in [5.41, 5.74) is 7.24. The zero-order valence-corrected chi connectivity index (χ0v) is 17.4. The summed E-state index contributed by atoms with van der Waals surface area (Å²) in [5, 5.41) is 1.26. The number of carbonyl (C=O) groups excluding carboxylic acids is 5. The van der Waals surface area contributed by atoms with Gasteiger partial charge in [0.15, 0.2) is 6.61 Å². The molecule has 1 saturated heterocycles. The SMILES string of the molecule is O=C(COC(=O)[C@H]1CC(=O)N(NC(=O)c2ccccc2)C1)NNC(=O)c1ccccc1Cl. The minimum Gasteiger partial charge on any atom is -0.455 e. The lowest BCUT2D eigenvalue weighted by atomic mass is 10.1. The molecule has 1 aliphatic heterocycles. The van der Waals surface area contributed by atoms with Gasteiger partial charge in [-0.2, -0.15) is 0 Å². The van der Waals surface area contributed by atoms with E-state index in [1.807, 2.05) is 0 Å². The van der Waals surface area contributed by atoms with Gasteiger partial charge in [-0.25, -0.2) is 0 Å². The lowest BCUT2D eigenvalue weighted by Crippen LogP contribution is -2.44. The van der Waals surface area contributed by atoms with Gasteiger partial charge in [-0.05, 0) is 24.3 Å². The Morgan fingerprint density at radius 2 is 1.66 bits per heavy atom. The second-order valence-corrected chi connectivity index (χ2v) is 7.21. The van der Waals surface area contributed by atoms with Crippen molar-refractivity contribution < 1.29 is 28.7 Å². The molecule has 1 aliphatic rings. The highest BCUT2D eigenvalue weighted by molar-refractivity contribution is 6.33. The number of amides is 4. The number of hydrogen-bond donors (Lipinski definition) is 3. The molecule has 2 aromatic rings. The molecule has 0 bridgehead atoms. The summed E-state index contributed by atoms with van der Waals surface area (Å²) >= 11 is 5.90. The lowest BCUT2D eigenvalue weighted by molar-refractivity contribution is -0.152. The molecule has 0 spiro atoms. The predicted molar refractivity (Wildman–Crippen MR) is 112 cm³/mol. The van der Waals surface area contributed by atoms with Crippen LogP contribution in [0.1, 0.15) is 27.1 Å². The van der Waals surface area contributed by atoms with Gasteiger partial charge in [0.05, 0.1) is 23.0 Å². The monoisotopic (exact) mass is 458 g/mol. The maximum absolute atomic E-state index is 12.2. The normalized spacial score (nSPS) is 15.1. The van der Waals surface area contributed by atoms with Crippen LogP contribution in [-0.2, 0) is 19.1 Å². The summed E-state index contributed by atoms with van der Waals surface area (Å²) in [6.45, 7) is -0.746. The van der Waals surface area contributed by atoms with E-state index in [1.165, 1.54) is 12.1 Å². The highest BCUT2D eigenvalue weighted by Gasteiger charge is 2.36. The zero-order chi connectivity index (χ0) is 23.1. The largest absolute Gasteiger partial charge is 0.455 e. The third kappa shape index (κ3) is 5.82. The van der Waals surface area contributed by atoms with E-state index in [2.05, 4.69) is 16.3 Å². The molecule has 0 radical (unpaired) electrons. The molecule has 11 heteroatoms. The molecule has 3 N–H and O–H groups in total. The summed E-state index contributed by atoms with van der Waals surface area (Å²) in [4.78, 5) is 60.3. The molecule has 32 heavy (non-hydrogen) atoms. The fraction of sp³-hybridized carbons (Fsp3) is 0.190. The van der Waals surface area contributed by atoms with Gasteiger partial charge in [0, 0.05) is 12.0 Å². The predicted octanol–water partition coefficient (Wildman–Crippen LogP) is 0.838. The summed E-state index contributed by atoms with van der Waals surface area (Å²) in [5.74, 6) is -3.97. The lowest BCUT2D eigenvalue weighted by Gasteiger charge is -2.17. The Bertz CT molecular complexity index is 1050. The van der Waals surface area contributed by atoms with Gasteiger partial charge >= 0.3 is 5.97 Å². The van der Waals surface area contributed by atoms with Gasteiger partial charge in [0.25, 0.3) is 17.7 Å². The molecule has 0 unspecified atom stereocenters. The van der Waals surface area contributed by atoms with Crippen molar-refractivity contribution in [2.75, 3.05) is 13.2 Å². The van der Waals surface area contributed by atoms with Gasteiger partial charge in [-0.1, -0.05) is 41.9 Å². The van der Waals surface area contributed by atoms with Crippen LogP contribution in [0.15, 0.2) is 54.6 Å². The van der Waals surface area contributed by atoms with Crippen molar-refractivity contribution in [2.24, 2.45) is 5.92 Å². The molecular weight excluding hydrogens is 440 g/mol. The Kier molecular flexibility index (Phi) is 7.40. The number of rotatable bonds is 6. The quantitative estimate of drug-likeness (QED) is 0.434. The summed E-state index contributed by atoms with van der Waals surface area (Å²) in [6, 6.07) is 14.6. The van der Waals surface area contributed by atoms with Crippen LogP contribution in [0.5, 0.6) is 0 Å². The summed E-state index contributed by atoms with van der Waals surface area (Å²) in [6.07, 6.45) is -0.168. The highest BCUT2D eigenvalue weighted by atomic mass is 35.5. The van der Waals surface area contributed by atoms with Crippen molar-refractivity contribution in [1.82, 2.24) is 21.3 Å². The minimum absolute atomic E-state index is 0.0822. The maximum Gasteiger partial charge on any atom is 0.311 e. The molecule has 3 rings (SSSR count). The number of nitrogens with one attached hydrogen (secondary N) is 3. The fourth-order valence-electron chi connectivity index (χ4n) is 2.88. The number of hydrogen-bond acceptors (Lipinski definition) is 6. The van der Waals surface area contributed by atoms with E-state index in [4.69, 9.17) is 16.3 Å². The molecule has 2 aromatic carbocycles. The van der Waals surface area contributed by atoms with Crippen molar-refractivity contribution in [3.8, 4) is 0 Å². The van der Waals surface area contributed by atoms with Crippen molar-refractivity contribution >= 4 is 41.2 Å². The number of nitrogens with zero attached hydrogens (tertiary/aromatic N) is 1. The average Bonchev–Trinajstić information content (AvgIpc) is 3.16. The number of esters is 1. The van der Waals surface area contributed by atoms with Gasteiger partial charge in [0.2, 0.25) is 5.91 Å². The molecule has 166 valence electrons. The van der Waals surface area contributed by atoms with Crippen molar-refractivity contribution in [3.63, 3.8) is 0 Å². The molecule has 4 amide bonds. The third-order valence-electron chi connectivity index (χ3n) is 4.51. The van der Waals surface area contributed by atoms with E-state index in [1.54, 1.807) is 42.5 Å². The first kappa shape index (κ1) is 22.8. The number of benzene rings is 2. The molecule has 1 fully saturated rings. The van der Waals surface area contributed by atoms with E-state index < -0.39 is 42.1 Å². The van der Waals surface area contributed by atoms with Crippen LogP contribution >= 0.6 is 11.6 Å². The van der Waals surface area contributed by atoms with E-state index in [0.29, 0.717) is 5.56 Å². The fourth-order valence-corrected chi connectivity index (χ4v) is 3.10. The maximum atomic E-state index is 12.2. The van der Waals surface area contributed by atoms with Crippen LogP contribution in [0.4, 0.5) is 0 Å². The van der Waals surface area contributed by atoms with E-state index in [-0.39, 0.29) is 23.6 Å². The zero-order valence-electron chi connectivity index (χ0n) is 16.7. The Morgan fingerprint density at radius 3 is 2.38 bits per heavy atom. The standard InChI is InChI=1S/C21H19ClN4O6/c22-16-9-5-4-8-15(16)20(30)24-23-17(27)12-32-21(31)14-10-18(28)26(11-14)25-19(29)13-6-2-1-3-7-13/h1-9,14H,10-12H2,(H,23,27)(H,24,30)(H,25,29)/t14-/m0/s1. The first-order valence-electron chi connectivity index (χ1n) is 9.52. The molecular formula is C21H19ClN4O6. The average molecular weight is 459 g/mol. The molecule has 0 saturated carbocycles. The third-order valence-corrected chi connectivity index (χ3v) is 4.84. The highest BCUT2D eigenvalue weighted by Crippen LogP contribution is 2.18. The first-order chi connectivity index (χ1) is 15.3. The van der Waals surface area contributed by atoms with Gasteiger partial charge in [-0.15, -0.1) is 0 Å². The van der Waals surface area contributed by atoms with Crippen LogP contribution in [0.2, 0.25) is 5.02 Å². The molecule has 1 atom stereocenters. The number of ether oxygens (including phenoxy) is 1. The van der Waals surface area contributed by atoms with Gasteiger partial charge < -0.3 is 4.74 Å². The summed E-state index contributed by atoms with van der Waals surface area (Å²) < 4.78 is 4.92. The Morgan fingerprint density at radius 1 is 0.969 bits per heavy atom. The van der Waals surface area contributed by atoms with Crippen LogP contribution < -0.4 is 16.3 Å².